The molecule has 1 heteroatoms. The summed E-state index contributed by atoms with van der Waals surface area (Å²) in [5.74, 6) is 0. The highest BCUT2D eigenvalue weighted by atomic mass is 15.1. The molecule has 51 heavy (non-hydrogen) atoms. The molecule has 7 aromatic rings. The van der Waals surface area contributed by atoms with E-state index in [-0.39, 0.29) is 0 Å². The van der Waals surface area contributed by atoms with Gasteiger partial charge in [-0.05, 0) is 128 Å². The van der Waals surface area contributed by atoms with E-state index < -0.39 is 0 Å². The van der Waals surface area contributed by atoms with E-state index in [2.05, 4.69) is 193 Å². The maximum atomic E-state index is 2.48. The van der Waals surface area contributed by atoms with Crippen LogP contribution in [0.15, 0.2) is 205 Å². The van der Waals surface area contributed by atoms with E-state index in [0.29, 0.717) is 0 Å². The van der Waals surface area contributed by atoms with Crippen molar-refractivity contribution in [2.45, 2.75) is 25.7 Å². The van der Waals surface area contributed by atoms with Gasteiger partial charge in [0.2, 0.25) is 0 Å². The first-order chi connectivity index (χ1) is 25.3. The van der Waals surface area contributed by atoms with Crippen molar-refractivity contribution in [1.82, 2.24) is 0 Å². The topological polar surface area (TPSA) is 3.24 Å². The largest absolute Gasteiger partial charge is 0.314 e. The Labute approximate surface area is 300 Å². The van der Waals surface area contributed by atoms with Gasteiger partial charge >= 0.3 is 0 Å². The van der Waals surface area contributed by atoms with Crippen LogP contribution in [0.5, 0.6) is 0 Å². The van der Waals surface area contributed by atoms with Crippen molar-refractivity contribution < 1.29 is 0 Å². The molecule has 0 amide bonds. The van der Waals surface area contributed by atoms with Crippen LogP contribution in [0.2, 0.25) is 0 Å². The predicted molar refractivity (Wildman–Crippen MR) is 218 cm³/mol. The Morgan fingerprint density at radius 2 is 1.04 bits per heavy atom. The van der Waals surface area contributed by atoms with Gasteiger partial charge in [0, 0.05) is 17.1 Å². The lowest BCUT2D eigenvalue weighted by Gasteiger charge is -2.31. The first-order valence-electron chi connectivity index (χ1n) is 18.1. The lowest BCUT2D eigenvalue weighted by molar-refractivity contribution is 0.851. The summed E-state index contributed by atoms with van der Waals surface area (Å²) in [6.45, 7) is 0. The number of allylic oxidation sites excluding steroid dienone is 8. The van der Waals surface area contributed by atoms with E-state index in [9.17, 15) is 0 Å². The standard InChI is InChI=1S/C50H39N/c1-4-14-36(15-5-1)38-24-28-42(29-25-38)51(43-30-26-39(27-31-43)37-16-6-2-7-17-37)44-32-33-46(40-18-8-3-9-19-40)50(35-44)49-34-41-20-10-11-21-45(41)47-22-12-13-23-48(47)49/h1-6,8-16,18-26,28-30,32-35H,7,17,27,31H2. The Hall–Kier alpha value is -6.18. The zero-order valence-electron chi connectivity index (χ0n) is 28.7. The van der Waals surface area contributed by atoms with Crippen molar-refractivity contribution in [2.75, 3.05) is 4.90 Å². The van der Waals surface area contributed by atoms with Crippen molar-refractivity contribution in [3.05, 3.63) is 205 Å². The molecule has 0 aliphatic heterocycles. The average molecular weight is 654 g/mol. The van der Waals surface area contributed by atoms with E-state index in [1.165, 1.54) is 77.5 Å². The number of fused-ring (bicyclic) bond motifs is 3. The second-order valence-corrected chi connectivity index (χ2v) is 13.5. The lowest BCUT2D eigenvalue weighted by Crippen LogP contribution is -2.18. The van der Waals surface area contributed by atoms with E-state index in [0.717, 1.165) is 31.4 Å². The summed E-state index contributed by atoms with van der Waals surface area (Å²) in [6.07, 6.45) is 15.8. The van der Waals surface area contributed by atoms with Gasteiger partial charge in [-0.2, -0.15) is 0 Å². The second-order valence-electron chi connectivity index (χ2n) is 13.5. The van der Waals surface area contributed by atoms with Crippen LogP contribution in [-0.2, 0) is 0 Å². The molecule has 0 unspecified atom stereocenters. The Bertz CT molecular complexity index is 2500. The van der Waals surface area contributed by atoms with Gasteiger partial charge in [0.1, 0.15) is 0 Å². The summed E-state index contributed by atoms with van der Waals surface area (Å²) in [6, 6.07) is 57.7. The molecule has 0 fully saturated rings. The summed E-state index contributed by atoms with van der Waals surface area (Å²) in [5, 5.41) is 5.09. The molecule has 0 spiro atoms. The molecule has 2 aliphatic rings. The molecular formula is C50H39N. The van der Waals surface area contributed by atoms with Gasteiger partial charge in [-0.3, -0.25) is 0 Å². The van der Waals surface area contributed by atoms with Gasteiger partial charge in [0.25, 0.3) is 0 Å². The fourth-order valence-electron chi connectivity index (χ4n) is 7.91. The van der Waals surface area contributed by atoms with E-state index >= 15 is 0 Å². The monoisotopic (exact) mass is 653 g/mol. The molecule has 244 valence electrons. The molecule has 0 saturated carbocycles. The zero-order valence-corrected chi connectivity index (χ0v) is 28.7. The van der Waals surface area contributed by atoms with E-state index in [1.54, 1.807) is 0 Å². The third-order valence-corrected chi connectivity index (χ3v) is 10.5. The van der Waals surface area contributed by atoms with Crippen LogP contribution in [0.4, 0.5) is 11.4 Å². The number of rotatable bonds is 7. The number of hydrogen-bond donors (Lipinski definition) is 0. The van der Waals surface area contributed by atoms with Crippen molar-refractivity contribution in [3.8, 4) is 33.4 Å². The first kappa shape index (κ1) is 30.8. The Morgan fingerprint density at radius 3 is 1.76 bits per heavy atom. The van der Waals surface area contributed by atoms with Gasteiger partial charge in [-0.1, -0.05) is 152 Å². The highest BCUT2D eigenvalue weighted by Crippen LogP contribution is 2.44. The maximum absolute atomic E-state index is 2.48. The minimum Gasteiger partial charge on any atom is -0.314 e. The van der Waals surface area contributed by atoms with Crippen molar-refractivity contribution >= 4 is 32.9 Å². The summed E-state index contributed by atoms with van der Waals surface area (Å²) < 4.78 is 0. The molecular weight excluding hydrogens is 615 g/mol. The average Bonchev–Trinajstić information content (AvgIpc) is 3.22. The molecule has 0 atom stereocenters. The molecule has 0 N–H and O–H groups in total. The van der Waals surface area contributed by atoms with Crippen LogP contribution in [-0.4, -0.2) is 0 Å². The Balaban J connectivity index is 1.24. The van der Waals surface area contributed by atoms with Gasteiger partial charge in [0.05, 0.1) is 0 Å². The molecule has 0 radical (unpaired) electrons. The summed E-state index contributed by atoms with van der Waals surface area (Å²) in [4.78, 5) is 2.48. The maximum Gasteiger partial charge on any atom is 0.0465 e. The highest BCUT2D eigenvalue weighted by Gasteiger charge is 2.22. The fraction of sp³-hybridized carbons (Fsp3) is 0.0800. The predicted octanol–water partition coefficient (Wildman–Crippen LogP) is 14.0. The highest BCUT2D eigenvalue weighted by molar-refractivity contribution is 6.15. The van der Waals surface area contributed by atoms with Crippen molar-refractivity contribution in [3.63, 3.8) is 0 Å². The normalized spacial score (nSPS) is 14.2. The Morgan fingerprint density at radius 1 is 0.392 bits per heavy atom. The summed E-state index contributed by atoms with van der Waals surface area (Å²) >= 11 is 0. The third-order valence-electron chi connectivity index (χ3n) is 10.5. The van der Waals surface area contributed by atoms with E-state index in [4.69, 9.17) is 0 Å². The molecule has 0 heterocycles. The molecule has 0 aromatic heterocycles. The minimum absolute atomic E-state index is 0.974. The van der Waals surface area contributed by atoms with Crippen LogP contribution in [0, 0.1) is 0 Å². The first-order valence-corrected chi connectivity index (χ1v) is 18.1. The van der Waals surface area contributed by atoms with E-state index in [1.807, 2.05) is 0 Å². The fourth-order valence-corrected chi connectivity index (χ4v) is 7.91. The number of anilines is 2. The molecule has 7 aromatic carbocycles. The molecule has 1 nitrogen and oxygen atoms in total. The quantitative estimate of drug-likeness (QED) is 0.155. The van der Waals surface area contributed by atoms with Crippen LogP contribution >= 0.6 is 0 Å². The number of benzene rings is 7. The van der Waals surface area contributed by atoms with Gasteiger partial charge in [-0.15, -0.1) is 0 Å². The van der Waals surface area contributed by atoms with Crippen LogP contribution in [0.1, 0.15) is 25.7 Å². The SMILES string of the molecule is C1=CCCC(C2=CC=C(N(c3ccc(-c4ccccc4)cc3)c3ccc(-c4ccccc4)c(-c4cc5ccccc5c5ccccc45)c3)CC2)=C1. The number of nitrogens with zero attached hydrogens (tertiary/aromatic N) is 1. The van der Waals surface area contributed by atoms with Gasteiger partial charge in [-0.25, -0.2) is 0 Å². The van der Waals surface area contributed by atoms with Crippen LogP contribution in [0.3, 0.4) is 0 Å². The number of hydrogen-bond acceptors (Lipinski definition) is 1. The summed E-state index contributed by atoms with van der Waals surface area (Å²) in [7, 11) is 0. The Kier molecular flexibility index (Phi) is 8.24. The van der Waals surface area contributed by atoms with Crippen LogP contribution in [0.25, 0.3) is 54.9 Å². The van der Waals surface area contributed by atoms with Crippen molar-refractivity contribution in [2.24, 2.45) is 0 Å². The zero-order chi connectivity index (χ0) is 34.0. The molecule has 9 rings (SSSR count). The molecule has 0 bridgehead atoms. The molecule has 0 saturated heterocycles. The van der Waals surface area contributed by atoms with Gasteiger partial charge in [0.15, 0.2) is 0 Å². The van der Waals surface area contributed by atoms with Gasteiger partial charge < -0.3 is 4.90 Å². The summed E-state index contributed by atoms with van der Waals surface area (Å²) in [5.41, 5.74) is 14.0. The minimum atomic E-state index is 0.974. The second kappa shape index (κ2) is 13.6. The molecule has 2 aliphatic carbocycles. The van der Waals surface area contributed by atoms with Crippen molar-refractivity contribution in [1.29, 1.82) is 0 Å². The third kappa shape index (κ3) is 6.02. The smallest absolute Gasteiger partial charge is 0.0465 e. The van der Waals surface area contributed by atoms with Crippen LogP contribution < -0.4 is 4.90 Å². The lowest BCUT2D eigenvalue weighted by atomic mass is 9.88.